The summed E-state index contributed by atoms with van der Waals surface area (Å²) in [7, 11) is 4.27. The molecule has 1 fully saturated rings. The van der Waals surface area contributed by atoms with Crippen LogP contribution in [-0.2, 0) is 0 Å². The van der Waals surface area contributed by atoms with Gasteiger partial charge in [-0.3, -0.25) is 0 Å². The van der Waals surface area contributed by atoms with Gasteiger partial charge >= 0.3 is 0 Å². The molecule has 0 aromatic heterocycles. The quantitative estimate of drug-likeness (QED) is 0.884. The minimum Gasteiger partial charge on any atom is -0.388 e. The van der Waals surface area contributed by atoms with Gasteiger partial charge < -0.3 is 14.9 Å². The molecule has 1 aliphatic heterocycles. The first-order valence-electron chi connectivity index (χ1n) is 7.31. The van der Waals surface area contributed by atoms with Crippen LogP contribution in [0.1, 0.15) is 37.9 Å². The Morgan fingerprint density at radius 2 is 2.00 bits per heavy atom. The number of hydrogen-bond acceptors (Lipinski definition) is 3. The van der Waals surface area contributed by atoms with Gasteiger partial charge in [0.05, 0.1) is 6.10 Å². The number of benzene rings is 1. The highest BCUT2D eigenvalue weighted by molar-refractivity contribution is 5.50. The Balaban J connectivity index is 2.08. The molecular weight excluding hydrogens is 236 g/mol. The fraction of sp³-hybridized carbons (Fsp3) is 0.625. The zero-order chi connectivity index (χ0) is 13.8. The Labute approximate surface area is 116 Å². The van der Waals surface area contributed by atoms with Crippen molar-refractivity contribution in [1.82, 2.24) is 4.90 Å². The van der Waals surface area contributed by atoms with Gasteiger partial charge in [0, 0.05) is 24.8 Å². The van der Waals surface area contributed by atoms with Crippen molar-refractivity contribution in [3.05, 3.63) is 29.8 Å². The lowest BCUT2D eigenvalue weighted by Gasteiger charge is -2.29. The number of aliphatic hydroxyl groups is 1. The van der Waals surface area contributed by atoms with E-state index in [0.29, 0.717) is 6.04 Å². The summed E-state index contributed by atoms with van der Waals surface area (Å²) in [4.78, 5) is 4.76. The molecule has 2 atom stereocenters. The molecule has 0 spiro atoms. The Bertz CT molecular complexity index is 388. The Morgan fingerprint density at radius 1 is 1.32 bits per heavy atom. The van der Waals surface area contributed by atoms with E-state index in [1.54, 1.807) is 0 Å². The van der Waals surface area contributed by atoms with Crippen LogP contribution >= 0.6 is 0 Å². The van der Waals surface area contributed by atoms with Crippen molar-refractivity contribution in [3.8, 4) is 0 Å². The van der Waals surface area contributed by atoms with Gasteiger partial charge in [-0.2, -0.15) is 0 Å². The number of anilines is 1. The molecule has 0 aliphatic carbocycles. The molecule has 0 amide bonds. The lowest BCUT2D eigenvalue weighted by atomic mass is 10.1. The van der Waals surface area contributed by atoms with Crippen LogP contribution in [0.4, 0.5) is 5.69 Å². The molecule has 1 aliphatic rings. The van der Waals surface area contributed by atoms with Crippen molar-refractivity contribution in [1.29, 1.82) is 0 Å². The van der Waals surface area contributed by atoms with Crippen LogP contribution in [0.5, 0.6) is 0 Å². The van der Waals surface area contributed by atoms with E-state index >= 15 is 0 Å². The lowest BCUT2D eigenvalue weighted by molar-refractivity contribution is 0.173. The second-order valence-electron chi connectivity index (χ2n) is 5.77. The summed E-state index contributed by atoms with van der Waals surface area (Å²) in [6.45, 7) is 4.26. The molecule has 0 bridgehead atoms. The third-order valence-corrected chi connectivity index (χ3v) is 3.95. The highest BCUT2D eigenvalue weighted by Gasteiger charge is 2.25. The molecule has 3 nitrogen and oxygen atoms in total. The van der Waals surface area contributed by atoms with Gasteiger partial charge in [0.25, 0.3) is 0 Å². The molecule has 2 rings (SSSR count). The number of likely N-dealkylation sites (N-methyl/N-ethyl adjacent to an activating group) is 1. The van der Waals surface area contributed by atoms with Gasteiger partial charge in [0.15, 0.2) is 0 Å². The normalized spacial score (nSPS) is 21.1. The fourth-order valence-electron chi connectivity index (χ4n) is 2.91. The molecule has 2 unspecified atom stereocenters. The van der Waals surface area contributed by atoms with Crippen LogP contribution in [0, 0.1) is 0 Å². The van der Waals surface area contributed by atoms with Gasteiger partial charge in [0.2, 0.25) is 0 Å². The molecule has 1 heterocycles. The van der Waals surface area contributed by atoms with Crippen LogP contribution in [0.25, 0.3) is 0 Å². The average molecular weight is 262 g/mol. The largest absolute Gasteiger partial charge is 0.388 e. The SMILES string of the molecule is CCC(O)c1ccc(N2CCCC2CN(C)C)cc1. The number of nitrogens with zero attached hydrogens (tertiary/aromatic N) is 2. The van der Waals surface area contributed by atoms with Crippen molar-refractivity contribution in [2.75, 3.05) is 32.1 Å². The van der Waals surface area contributed by atoms with Crippen LogP contribution in [0.3, 0.4) is 0 Å². The summed E-state index contributed by atoms with van der Waals surface area (Å²) >= 11 is 0. The van der Waals surface area contributed by atoms with E-state index in [2.05, 4.69) is 48.2 Å². The molecule has 0 radical (unpaired) electrons. The first kappa shape index (κ1) is 14.4. The van der Waals surface area contributed by atoms with Crippen LogP contribution < -0.4 is 4.90 Å². The maximum Gasteiger partial charge on any atom is 0.0787 e. The van der Waals surface area contributed by atoms with Crippen LogP contribution in [-0.4, -0.2) is 43.2 Å². The minimum atomic E-state index is -0.329. The van der Waals surface area contributed by atoms with E-state index in [0.717, 1.165) is 25.1 Å². The maximum absolute atomic E-state index is 9.84. The molecule has 19 heavy (non-hydrogen) atoms. The lowest BCUT2D eigenvalue weighted by Crippen LogP contribution is -2.37. The highest BCUT2D eigenvalue weighted by Crippen LogP contribution is 2.27. The summed E-state index contributed by atoms with van der Waals surface area (Å²) in [5.41, 5.74) is 2.31. The van der Waals surface area contributed by atoms with Crippen molar-refractivity contribution >= 4 is 5.69 Å². The topological polar surface area (TPSA) is 26.7 Å². The monoisotopic (exact) mass is 262 g/mol. The van der Waals surface area contributed by atoms with Gasteiger partial charge in [0.1, 0.15) is 0 Å². The maximum atomic E-state index is 9.84. The Hall–Kier alpha value is -1.06. The van der Waals surface area contributed by atoms with Crippen molar-refractivity contribution in [3.63, 3.8) is 0 Å². The second-order valence-corrected chi connectivity index (χ2v) is 5.77. The van der Waals surface area contributed by atoms with Crippen LogP contribution in [0.15, 0.2) is 24.3 Å². The van der Waals surface area contributed by atoms with Crippen LogP contribution in [0.2, 0.25) is 0 Å². The van der Waals surface area contributed by atoms with Gasteiger partial charge in [-0.05, 0) is 51.1 Å². The summed E-state index contributed by atoms with van der Waals surface area (Å²) in [6, 6.07) is 9.06. The van der Waals surface area contributed by atoms with E-state index in [-0.39, 0.29) is 6.10 Å². The molecule has 3 heteroatoms. The molecule has 1 aromatic carbocycles. The molecule has 1 N–H and O–H groups in total. The number of hydrogen-bond donors (Lipinski definition) is 1. The van der Waals surface area contributed by atoms with Crippen molar-refractivity contribution < 1.29 is 5.11 Å². The zero-order valence-corrected chi connectivity index (χ0v) is 12.3. The summed E-state index contributed by atoms with van der Waals surface area (Å²) in [5, 5.41) is 9.84. The van der Waals surface area contributed by atoms with E-state index in [1.165, 1.54) is 18.5 Å². The summed E-state index contributed by atoms with van der Waals surface area (Å²) < 4.78 is 0. The van der Waals surface area contributed by atoms with Crippen molar-refractivity contribution in [2.24, 2.45) is 0 Å². The van der Waals surface area contributed by atoms with E-state index in [1.807, 2.05) is 6.92 Å². The number of rotatable bonds is 5. The Morgan fingerprint density at radius 3 is 2.58 bits per heavy atom. The van der Waals surface area contributed by atoms with Gasteiger partial charge in [-0.15, -0.1) is 0 Å². The third-order valence-electron chi connectivity index (χ3n) is 3.95. The molecule has 1 aromatic rings. The first-order valence-corrected chi connectivity index (χ1v) is 7.31. The van der Waals surface area contributed by atoms with E-state index < -0.39 is 0 Å². The fourth-order valence-corrected chi connectivity index (χ4v) is 2.91. The predicted molar refractivity (Wildman–Crippen MR) is 80.6 cm³/mol. The minimum absolute atomic E-state index is 0.329. The second kappa shape index (κ2) is 6.40. The molecule has 106 valence electrons. The smallest absolute Gasteiger partial charge is 0.0787 e. The molecular formula is C16H26N2O. The summed E-state index contributed by atoms with van der Waals surface area (Å²) in [5.74, 6) is 0. The van der Waals surface area contributed by atoms with E-state index in [9.17, 15) is 5.11 Å². The Kier molecular flexibility index (Phi) is 4.83. The first-order chi connectivity index (χ1) is 9.11. The highest BCUT2D eigenvalue weighted by atomic mass is 16.3. The molecule has 1 saturated heterocycles. The zero-order valence-electron chi connectivity index (χ0n) is 12.3. The van der Waals surface area contributed by atoms with E-state index in [4.69, 9.17) is 0 Å². The number of aliphatic hydroxyl groups excluding tert-OH is 1. The van der Waals surface area contributed by atoms with Gasteiger partial charge in [-0.25, -0.2) is 0 Å². The average Bonchev–Trinajstić information content (AvgIpc) is 2.85. The van der Waals surface area contributed by atoms with Crippen molar-refractivity contribution in [2.45, 2.75) is 38.3 Å². The third kappa shape index (κ3) is 3.48. The molecule has 0 saturated carbocycles. The van der Waals surface area contributed by atoms with Gasteiger partial charge in [-0.1, -0.05) is 19.1 Å². The standard InChI is InChI=1S/C16H26N2O/c1-4-16(19)13-7-9-14(10-8-13)18-11-5-6-15(18)12-17(2)3/h7-10,15-16,19H,4-6,11-12H2,1-3H3. The summed E-state index contributed by atoms with van der Waals surface area (Å²) in [6.07, 6.45) is 2.99. The predicted octanol–water partition coefficient (Wildman–Crippen LogP) is 2.66.